The molecule has 0 aliphatic heterocycles. The summed E-state index contributed by atoms with van der Waals surface area (Å²) in [5.74, 6) is -1.09. The molecular weight excluding hydrogens is 294 g/mol. The Morgan fingerprint density at radius 3 is 2.52 bits per heavy atom. The third-order valence-corrected chi connectivity index (χ3v) is 4.11. The van der Waals surface area contributed by atoms with Crippen molar-refractivity contribution in [3.63, 3.8) is 0 Å². The van der Waals surface area contributed by atoms with Crippen LogP contribution in [-0.2, 0) is 4.79 Å². The summed E-state index contributed by atoms with van der Waals surface area (Å²) in [5.41, 5.74) is -0.945. The molecule has 114 valence electrons. The first-order valence-corrected chi connectivity index (χ1v) is 7.26. The molecule has 1 aliphatic rings. The molecule has 1 saturated carbocycles. The second-order valence-corrected chi connectivity index (χ2v) is 5.68. The predicted molar refractivity (Wildman–Crippen MR) is 78.9 cm³/mol. The van der Waals surface area contributed by atoms with Crippen molar-refractivity contribution in [2.75, 3.05) is 7.11 Å². The molecule has 1 fully saturated rings. The lowest BCUT2D eigenvalue weighted by molar-refractivity contribution is -0.145. The molecule has 1 aliphatic carbocycles. The highest BCUT2D eigenvalue weighted by molar-refractivity contribution is 6.31. The van der Waals surface area contributed by atoms with Crippen LogP contribution in [0.3, 0.4) is 0 Å². The van der Waals surface area contributed by atoms with Gasteiger partial charge in [0.2, 0.25) is 0 Å². The van der Waals surface area contributed by atoms with Crippen molar-refractivity contribution in [2.45, 2.75) is 37.6 Å². The van der Waals surface area contributed by atoms with E-state index in [9.17, 15) is 14.7 Å². The largest absolute Gasteiger partial charge is 0.496 e. The van der Waals surface area contributed by atoms with Crippen molar-refractivity contribution in [3.05, 3.63) is 28.8 Å². The van der Waals surface area contributed by atoms with Crippen molar-refractivity contribution < 1.29 is 19.4 Å². The van der Waals surface area contributed by atoms with E-state index in [4.69, 9.17) is 16.3 Å². The smallest absolute Gasteiger partial charge is 0.329 e. The number of carboxylic acid groups (broad SMARTS) is 1. The second kappa shape index (κ2) is 6.35. The number of carbonyl (C=O) groups is 2. The minimum absolute atomic E-state index is 0.246. The lowest BCUT2D eigenvalue weighted by Gasteiger charge is -2.34. The molecule has 0 heterocycles. The van der Waals surface area contributed by atoms with Crippen LogP contribution in [0.2, 0.25) is 5.02 Å². The summed E-state index contributed by atoms with van der Waals surface area (Å²) >= 11 is 5.91. The monoisotopic (exact) mass is 311 g/mol. The third-order valence-electron chi connectivity index (χ3n) is 3.88. The van der Waals surface area contributed by atoms with E-state index < -0.39 is 17.4 Å². The van der Waals surface area contributed by atoms with Gasteiger partial charge < -0.3 is 15.2 Å². The normalized spacial score (nSPS) is 17.0. The van der Waals surface area contributed by atoms with Gasteiger partial charge in [-0.1, -0.05) is 30.9 Å². The van der Waals surface area contributed by atoms with Crippen LogP contribution >= 0.6 is 11.6 Å². The first-order chi connectivity index (χ1) is 9.98. The number of hydrogen-bond acceptors (Lipinski definition) is 3. The molecule has 5 nitrogen and oxygen atoms in total. The Balaban J connectivity index is 2.27. The summed E-state index contributed by atoms with van der Waals surface area (Å²) in [5, 5.41) is 12.6. The van der Waals surface area contributed by atoms with Gasteiger partial charge in [-0.2, -0.15) is 0 Å². The van der Waals surface area contributed by atoms with Gasteiger partial charge in [0.15, 0.2) is 0 Å². The first kappa shape index (κ1) is 15.6. The van der Waals surface area contributed by atoms with Gasteiger partial charge in [-0.15, -0.1) is 0 Å². The maximum Gasteiger partial charge on any atom is 0.329 e. The zero-order valence-electron chi connectivity index (χ0n) is 11.8. The van der Waals surface area contributed by atoms with E-state index in [1.165, 1.54) is 13.2 Å². The van der Waals surface area contributed by atoms with Gasteiger partial charge in [0.25, 0.3) is 5.91 Å². The number of methoxy groups -OCH3 is 1. The number of ether oxygens (including phenoxy) is 1. The number of hydrogen-bond donors (Lipinski definition) is 2. The molecule has 2 rings (SSSR count). The third kappa shape index (κ3) is 3.29. The van der Waals surface area contributed by atoms with E-state index in [0.717, 1.165) is 19.3 Å². The van der Waals surface area contributed by atoms with Gasteiger partial charge in [0.1, 0.15) is 11.3 Å². The van der Waals surface area contributed by atoms with Crippen LogP contribution in [0.5, 0.6) is 5.75 Å². The molecule has 0 radical (unpaired) electrons. The SMILES string of the molecule is COc1ccc(Cl)cc1C(=O)NC1(C(=O)O)CCCCC1. The Bertz CT molecular complexity index is 553. The number of amides is 1. The van der Waals surface area contributed by atoms with Gasteiger partial charge in [0.05, 0.1) is 12.7 Å². The fraction of sp³-hybridized carbons (Fsp3) is 0.467. The Kier molecular flexibility index (Phi) is 4.73. The van der Waals surface area contributed by atoms with Gasteiger partial charge >= 0.3 is 5.97 Å². The molecule has 0 aromatic heterocycles. The van der Waals surface area contributed by atoms with E-state index >= 15 is 0 Å². The van der Waals surface area contributed by atoms with Crippen LogP contribution in [0.25, 0.3) is 0 Å². The van der Waals surface area contributed by atoms with Crippen molar-refractivity contribution in [1.82, 2.24) is 5.32 Å². The molecule has 0 saturated heterocycles. The van der Waals surface area contributed by atoms with Crippen molar-refractivity contribution in [1.29, 1.82) is 0 Å². The molecule has 21 heavy (non-hydrogen) atoms. The number of aliphatic carboxylic acids is 1. The Labute approximate surface area is 128 Å². The van der Waals surface area contributed by atoms with Crippen molar-refractivity contribution >= 4 is 23.5 Å². The Hall–Kier alpha value is -1.75. The second-order valence-electron chi connectivity index (χ2n) is 5.25. The Morgan fingerprint density at radius 2 is 1.95 bits per heavy atom. The van der Waals surface area contributed by atoms with Crippen LogP contribution in [0.4, 0.5) is 0 Å². The maximum atomic E-state index is 12.4. The van der Waals surface area contributed by atoms with E-state index in [0.29, 0.717) is 23.6 Å². The number of rotatable bonds is 4. The molecule has 6 heteroatoms. The van der Waals surface area contributed by atoms with Crippen LogP contribution in [0.15, 0.2) is 18.2 Å². The zero-order chi connectivity index (χ0) is 15.5. The molecule has 2 N–H and O–H groups in total. The van der Waals surface area contributed by atoms with E-state index in [2.05, 4.69) is 5.32 Å². The van der Waals surface area contributed by atoms with Crippen molar-refractivity contribution in [2.24, 2.45) is 0 Å². The highest BCUT2D eigenvalue weighted by Gasteiger charge is 2.41. The van der Waals surface area contributed by atoms with E-state index in [1.807, 2.05) is 0 Å². The summed E-state index contributed by atoms with van der Waals surface area (Å²) in [7, 11) is 1.45. The molecule has 1 aromatic rings. The number of carboxylic acids is 1. The summed E-state index contributed by atoms with van der Waals surface area (Å²) in [6.45, 7) is 0. The summed E-state index contributed by atoms with van der Waals surface area (Å²) in [4.78, 5) is 24.0. The standard InChI is InChI=1S/C15H18ClNO4/c1-21-12-6-5-10(16)9-11(12)13(18)17-15(14(19)20)7-3-2-4-8-15/h5-6,9H,2-4,7-8H2,1H3,(H,17,18)(H,19,20). The fourth-order valence-corrected chi connectivity index (χ4v) is 2.86. The molecule has 1 amide bonds. The number of nitrogens with one attached hydrogen (secondary N) is 1. The van der Waals surface area contributed by atoms with Crippen molar-refractivity contribution in [3.8, 4) is 5.75 Å². The van der Waals surface area contributed by atoms with Crippen LogP contribution < -0.4 is 10.1 Å². The maximum absolute atomic E-state index is 12.4. The minimum Gasteiger partial charge on any atom is -0.496 e. The average Bonchev–Trinajstić information content (AvgIpc) is 2.48. The minimum atomic E-state index is -1.19. The number of halogens is 1. The molecule has 0 bridgehead atoms. The lowest BCUT2D eigenvalue weighted by atomic mass is 9.81. The Morgan fingerprint density at radius 1 is 1.29 bits per heavy atom. The topological polar surface area (TPSA) is 75.6 Å². The predicted octanol–water partition coefficient (Wildman–Crippen LogP) is 2.87. The van der Waals surface area contributed by atoms with Gasteiger partial charge in [-0.05, 0) is 31.0 Å². The zero-order valence-corrected chi connectivity index (χ0v) is 12.6. The molecule has 1 aromatic carbocycles. The first-order valence-electron chi connectivity index (χ1n) is 6.88. The molecule has 0 spiro atoms. The van der Waals surface area contributed by atoms with Crippen LogP contribution in [0, 0.1) is 0 Å². The van der Waals surface area contributed by atoms with Crippen LogP contribution in [-0.4, -0.2) is 29.6 Å². The van der Waals surface area contributed by atoms with Crippen LogP contribution in [0.1, 0.15) is 42.5 Å². The summed E-state index contributed by atoms with van der Waals surface area (Å²) in [6, 6.07) is 4.68. The molecular formula is C15H18ClNO4. The number of carbonyl (C=O) groups excluding carboxylic acids is 1. The quantitative estimate of drug-likeness (QED) is 0.896. The fourth-order valence-electron chi connectivity index (χ4n) is 2.69. The van der Waals surface area contributed by atoms with Gasteiger partial charge in [-0.3, -0.25) is 4.79 Å². The van der Waals surface area contributed by atoms with E-state index in [-0.39, 0.29) is 5.56 Å². The summed E-state index contributed by atoms with van der Waals surface area (Å²) < 4.78 is 5.14. The summed E-state index contributed by atoms with van der Waals surface area (Å²) in [6.07, 6.45) is 3.46. The highest BCUT2D eigenvalue weighted by Crippen LogP contribution is 2.30. The molecule has 0 unspecified atom stereocenters. The molecule has 0 atom stereocenters. The van der Waals surface area contributed by atoms with Gasteiger partial charge in [-0.25, -0.2) is 4.79 Å². The average molecular weight is 312 g/mol. The lowest BCUT2D eigenvalue weighted by Crippen LogP contribution is -2.55. The van der Waals surface area contributed by atoms with Gasteiger partial charge in [0, 0.05) is 5.02 Å². The van der Waals surface area contributed by atoms with E-state index in [1.54, 1.807) is 12.1 Å². The number of benzene rings is 1. The highest BCUT2D eigenvalue weighted by atomic mass is 35.5.